The number of hydrogen-bond acceptors (Lipinski definition) is 4. The van der Waals surface area contributed by atoms with Gasteiger partial charge in [0.2, 0.25) is 0 Å². The number of hydrogen-bond donors (Lipinski definition) is 2. The molecule has 198 valence electrons. The molecule has 4 aliphatic carbocycles. The number of carboxylic acid groups (broad SMARTS) is 1. The van der Waals surface area contributed by atoms with Gasteiger partial charge in [-0.15, -0.1) is 0 Å². The predicted octanol–water partition coefficient (Wildman–Crippen LogP) is 6.44. The van der Waals surface area contributed by atoms with Gasteiger partial charge in [-0.05, 0) is 128 Å². The Morgan fingerprint density at radius 2 is 1.73 bits per heavy atom. The van der Waals surface area contributed by atoms with Crippen LogP contribution in [0.25, 0.3) is 11.1 Å². The number of carbonyl (C=O) groups is 2. The van der Waals surface area contributed by atoms with Gasteiger partial charge in [0.25, 0.3) is 5.91 Å². The molecule has 2 aromatic rings. The number of ether oxygens (including phenoxy) is 1. The van der Waals surface area contributed by atoms with Crippen molar-refractivity contribution in [3.8, 4) is 16.9 Å². The lowest BCUT2D eigenvalue weighted by Gasteiger charge is -2.54. The molecule has 0 saturated heterocycles. The number of amides is 1. The molecule has 2 aromatic carbocycles. The van der Waals surface area contributed by atoms with Crippen molar-refractivity contribution >= 4 is 23.6 Å². The van der Waals surface area contributed by atoms with Crippen molar-refractivity contribution < 1.29 is 19.4 Å². The monoisotopic (exact) mass is 521 g/mol. The van der Waals surface area contributed by atoms with E-state index in [1.165, 1.54) is 32.1 Å². The van der Waals surface area contributed by atoms with E-state index in [0.29, 0.717) is 24.3 Å². The molecule has 0 heterocycles. The molecule has 2 N–H and O–H groups in total. The van der Waals surface area contributed by atoms with Crippen molar-refractivity contribution in [2.75, 3.05) is 18.6 Å². The van der Waals surface area contributed by atoms with Crippen LogP contribution in [0.5, 0.6) is 5.75 Å². The smallest absolute Gasteiger partial charge is 0.326 e. The third kappa shape index (κ3) is 5.84. The maximum atomic E-state index is 13.3. The number of carbonyl (C=O) groups excluding carboxylic acids is 1. The Labute approximate surface area is 224 Å². The minimum atomic E-state index is -1.01. The molecule has 1 amide bonds. The standard InChI is InChI=1S/C31H39NO4S/c1-19-5-3-4-6-25(19)28-18-24(7-8-27(28)30(33)32-29(31(34)35)10-12-37-2)36-11-9-26-22-14-20-13-21(16-22)17-23(26)15-20/h3-8,18,20-23,26,29H,9-17H2,1-2H3,(H,32,33)(H,34,35)/t20?,21?,22?,23?,26?,29-/m0/s1. The molecule has 4 saturated carbocycles. The maximum Gasteiger partial charge on any atom is 0.326 e. The Morgan fingerprint density at radius 3 is 2.38 bits per heavy atom. The van der Waals surface area contributed by atoms with Crippen molar-refractivity contribution in [2.45, 2.75) is 57.9 Å². The average Bonchev–Trinajstić information content (AvgIpc) is 2.87. The minimum Gasteiger partial charge on any atom is -0.494 e. The van der Waals surface area contributed by atoms with Crippen LogP contribution in [0.2, 0.25) is 0 Å². The molecule has 0 spiro atoms. The summed E-state index contributed by atoms with van der Waals surface area (Å²) in [6.07, 6.45) is 10.6. The zero-order valence-corrected chi connectivity index (χ0v) is 22.8. The molecule has 4 bridgehead atoms. The summed E-state index contributed by atoms with van der Waals surface area (Å²) in [5.74, 6) is 4.59. The van der Waals surface area contributed by atoms with E-state index >= 15 is 0 Å². The summed E-state index contributed by atoms with van der Waals surface area (Å²) < 4.78 is 6.29. The molecule has 1 atom stereocenters. The SMILES string of the molecule is CSCC[C@H](NC(=O)c1ccc(OCCC2C3CC4CC(C3)CC2C4)cc1-c1ccccc1C)C(=O)O. The van der Waals surface area contributed by atoms with Gasteiger partial charge in [0, 0.05) is 5.56 Å². The van der Waals surface area contributed by atoms with E-state index in [4.69, 9.17) is 4.74 Å². The van der Waals surface area contributed by atoms with Crippen molar-refractivity contribution in [2.24, 2.45) is 29.6 Å². The van der Waals surface area contributed by atoms with Crippen LogP contribution in [-0.4, -0.2) is 41.6 Å². The molecule has 0 unspecified atom stereocenters. The highest BCUT2D eigenvalue weighted by Gasteiger charge is 2.47. The number of carboxylic acids is 1. The Morgan fingerprint density at radius 1 is 1.03 bits per heavy atom. The van der Waals surface area contributed by atoms with Gasteiger partial charge in [0.15, 0.2) is 0 Å². The number of benzene rings is 2. The minimum absolute atomic E-state index is 0.369. The zero-order chi connectivity index (χ0) is 25.9. The van der Waals surface area contributed by atoms with E-state index < -0.39 is 12.0 Å². The predicted molar refractivity (Wildman–Crippen MR) is 149 cm³/mol. The maximum absolute atomic E-state index is 13.3. The summed E-state index contributed by atoms with van der Waals surface area (Å²) in [4.78, 5) is 25.0. The summed E-state index contributed by atoms with van der Waals surface area (Å²) in [5.41, 5.74) is 3.25. The highest BCUT2D eigenvalue weighted by atomic mass is 32.2. The van der Waals surface area contributed by atoms with E-state index in [0.717, 1.165) is 58.5 Å². The molecule has 0 aromatic heterocycles. The number of thioether (sulfide) groups is 1. The van der Waals surface area contributed by atoms with Crippen LogP contribution in [0, 0.1) is 36.5 Å². The van der Waals surface area contributed by atoms with E-state index in [-0.39, 0.29) is 5.91 Å². The van der Waals surface area contributed by atoms with Gasteiger partial charge in [-0.2, -0.15) is 11.8 Å². The zero-order valence-electron chi connectivity index (χ0n) is 21.9. The largest absolute Gasteiger partial charge is 0.494 e. The summed E-state index contributed by atoms with van der Waals surface area (Å²) in [7, 11) is 0. The fraction of sp³-hybridized carbons (Fsp3) is 0.548. The molecule has 0 aliphatic heterocycles. The van der Waals surface area contributed by atoms with Crippen LogP contribution < -0.4 is 10.1 Å². The van der Waals surface area contributed by atoms with Crippen LogP contribution in [0.3, 0.4) is 0 Å². The fourth-order valence-electron chi connectivity index (χ4n) is 7.46. The Balaban J connectivity index is 1.31. The Kier molecular flexibility index (Phi) is 8.13. The summed E-state index contributed by atoms with van der Waals surface area (Å²) >= 11 is 1.57. The second-order valence-corrected chi connectivity index (χ2v) is 12.4. The molecule has 4 fully saturated rings. The van der Waals surface area contributed by atoms with Crippen LogP contribution in [-0.2, 0) is 4.79 Å². The highest BCUT2D eigenvalue weighted by molar-refractivity contribution is 7.98. The number of aliphatic carboxylic acids is 1. The van der Waals surface area contributed by atoms with E-state index in [2.05, 4.69) is 5.32 Å². The van der Waals surface area contributed by atoms with Gasteiger partial charge < -0.3 is 15.2 Å². The lowest BCUT2D eigenvalue weighted by Crippen LogP contribution is -2.45. The van der Waals surface area contributed by atoms with E-state index in [1.54, 1.807) is 17.8 Å². The van der Waals surface area contributed by atoms with Gasteiger partial charge in [-0.3, -0.25) is 4.79 Å². The molecule has 6 rings (SSSR count). The van der Waals surface area contributed by atoms with Crippen LogP contribution in [0.1, 0.15) is 60.9 Å². The summed E-state index contributed by atoms with van der Waals surface area (Å²) in [5, 5.41) is 12.3. The quantitative estimate of drug-likeness (QED) is 0.356. The number of nitrogens with one attached hydrogen (secondary N) is 1. The molecular formula is C31H39NO4S. The van der Waals surface area contributed by atoms with E-state index in [9.17, 15) is 14.7 Å². The first-order valence-electron chi connectivity index (χ1n) is 13.8. The third-order valence-corrected chi connectivity index (χ3v) is 9.67. The Hall–Kier alpha value is -2.47. The fourth-order valence-corrected chi connectivity index (χ4v) is 7.93. The second kappa shape index (κ2) is 11.5. The molecule has 37 heavy (non-hydrogen) atoms. The highest BCUT2D eigenvalue weighted by Crippen LogP contribution is 2.57. The van der Waals surface area contributed by atoms with Crippen molar-refractivity contribution in [3.63, 3.8) is 0 Å². The van der Waals surface area contributed by atoms with Crippen molar-refractivity contribution in [1.29, 1.82) is 0 Å². The molecule has 0 radical (unpaired) electrons. The molecule has 5 nitrogen and oxygen atoms in total. The third-order valence-electron chi connectivity index (χ3n) is 9.03. The van der Waals surface area contributed by atoms with Crippen molar-refractivity contribution in [1.82, 2.24) is 5.32 Å². The lowest BCUT2D eigenvalue weighted by molar-refractivity contribution is -0.139. The van der Waals surface area contributed by atoms with Crippen molar-refractivity contribution in [3.05, 3.63) is 53.6 Å². The number of rotatable bonds is 11. The average molecular weight is 522 g/mol. The molecule has 6 heteroatoms. The lowest BCUT2D eigenvalue weighted by atomic mass is 9.51. The van der Waals surface area contributed by atoms with E-state index in [1.807, 2.05) is 49.6 Å². The van der Waals surface area contributed by atoms with Gasteiger partial charge in [0.05, 0.1) is 6.61 Å². The number of aryl methyl sites for hydroxylation is 1. The van der Waals surface area contributed by atoms with Gasteiger partial charge >= 0.3 is 5.97 Å². The van der Waals surface area contributed by atoms with Crippen LogP contribution in [0.4, 0.5) is 0 Å². The summed E-state index contributed by atoms with van der Waals surface area (Å²) in [6, 6.07) is 12.6. The van der Waals surface area contributed by atoms with Crippen LogP contribution >= 0.6 is 11.8 Å². The first-order chi connectivity index (χ1) is 17.9. The first kappa shape index (κ1) is 26.1. The summed E-state index contributed by atoms with van der Waals surface area (Å²) in [6.45, 7) is 2.72. The Bertz CT molecular complexity index is 1100. The first-order valence-corrected chi connectivity index (χ1v) is 15.2. The van der Waals surface area contributed by atoms with Gasteiger partial charge in [-0.25, -0.2) is 4.79 Å². The molecular weight excluding hydrogens is 482 g/mol. The van der Waals surface area contributed by atoms with Gasteiger partial charge in [0.1, 0.15) is 11.8 Å². The topological polar surface area (TPSA) is 75.6 Å². The normalized spacial score (nSPS) is 26.6. The second-order valence-electron chi connectivity index (χ2n) is 11.4. The van der Waals surface area contributed by atoms with Crippen LogP contribution in [0.15, 0.2) is 42.5 Å². The van der Waals surface area contributed by atoms with Gasteiger partial charge in [-0.1, -0.05) is 24.3 Å². The molecule has 4 aliphatic rings.